The van der Waals surface area contributed by atoms with Gasteiger partial charge >= 0.3 is 0 Å². The van der Waals surface area contributed by atoms with Crippen molar-refractivity contribution >= 4 is 33.7 Å². The van der Waals surface area contributed by atoms with Crippen molar-refractivity contribution < 1.29 is 0 Å². The molecule has 88 valence electrons. The number of fused-ring (bicyclic) bond motifs is 1. The Morgan fingerprint density at radius 1 is 0.778 bits per heavy atom. The first-order chi connectivity index (χ1) is 8.83. The minimum atomic E-state index is 0.736. The zero-order valence-corrected chi connectivity index (χ0v) is 10.5. The van der Waals surface area contributed by atoms with E-state index in [-0.39, 0.29) is 0 Å². The maximum atomic E-state index is 5.99. The van der Waals surface area contributed by atoms with Crippen molar-refractivity contribution in [3.8, 4) is 0 Å². The molecule has 0 heterocycles. The van der Waals surface area contributed by atoms with Crippen LogP contribution in [0, 0.1) is 0 Å². The lowest BCUT2D eigenvalue weighted by molar-refractivity contribution is 1.58. The van der Waals surface area contributed by atoms with Crippen LogP contribution in [0.25, 0.3) is 10.8 Å². The van der Waals surface area contributed by atoms with Gasteiger partial charge in [-0.1, -0.05) is 54.1 Å². The lowest BCUT2D eigenvalue weighted by atomic mass is 10.1. The Morgan fingerprint density at radius 3 is 2.44 bits per heavy atom. The molecule has 0 amide bonds. The highest BCUT2D eigenvalue weighted by atomic mass is 35.5. The maximum Gasteiger partial charge on any atom is 0.0463 e. The minimum absolute atomic E-state index is 0.736. The van der Waals surface area contributed by atoms with Gasteiger partial charge in [0.2, 0.25) is 0 Å². The van der Waals surface area contributed by atoms with Crippen molar-refractivity contribution in [3.05, 3.63) is 71.8 Å². The molecule has 0 aliphatic rings. The largest absolute Gasteiger partial charge is 0.355 e. The van der Waals surface area contributed by atoms with E-state index < -0.39 is 0 Å². The Kier molecular flexibility index (Phi) is 2.91. The number of anilines is 2. The summed E-state index contributed by atoms with van der Waals surface area (Å²) in [4.78, 5) is 0. The average molecular weight is 254 g/mol. The fourth-order valence-corrected chi connectivity index (χ4v) is 2.25. The SMILES string of the molecule is Clc1cccc(Nc2cccc3ccccc23)c1. The number of nitrogens with one attached hydrogen (secondary N) is 1. The Morgan fingerprint density at radius 2 is 1.56 bits per heavy atom. The summed E-state index contributed by atoms with van der Waals surface area (Å²) >= 11 is 5.99. The van der Waals surface area contributed by atoms with Crippen LogP contribution in [-0.4, -0.2) is 0 Å². The van der Waals surface area contributed by atoms with Crippen LogP contribution in [-0.2, 0) is 0 Å². The molecule has 0 radical (unpaired) electrons. The van der Waals surface area contributed by atoms with E-state index in [1.807, 2.05) is 36.4 Å². The van der Waals surface area contributed by atoms with Gasteiger partial charge in [0.1, 0.15) is 0 Å². The summed E-state index contributed by atoms with van der Waals surface area (Å²) < 4.78 is 0. The summed E-state index contributed by atoms with van der Waals surface area (Å²) in [6, 6.07) is 22.3. The molecule has 0 spiro atoms. The van der Waals surface area contributed by atoms with Gasteiger partial charge in [0, 0.05) is 21.8 Å². The van der Waals surface area contributed by atoms with Crippen LogP contribution in [0.3, 0.4) is 0 Å². The van der Waals surface area contributed by atoms with Gasteiger partial charge in [0.05, 0.1) is 0 Å². The summed E-state index contributed by atoms with van der Waals surface area (Å²) in [7, 11) is 0. The lowest BCUT2D eigenvalue weighted by Gasteiger charge is -2.10. The number of hydrogen-bond acceptors (Lipinski definition) is 1. The first-order valence-electron chi connectivity index (χ1n) is 5.83. The van der Waals surface area contributed by atoms with Crippen molar-refractivity contribution in [2.24, 2.45) is 0 Å². The first-order valence-corrected chi connectivity index (χ1v) is 6.21. The lowest BCUT2D eigenvalue weighted by Crippen LogP contribution is -1.90. The van der Waals surface area contributed by atoms with E-state index in [1.165, 1.54) is 10.8 Å². The Labute approximate surface area is 111 Å². The predicted octanol–water partition coefficient (Wildman–Crippen LogP) is 5.24. The Hall–Kier alpha value is -1.99. The molecule has 3 aromatic rings. The average Bonchev–Trinajstić information content (AvgIpc) is 2.39. The summed E-state index contributed by atoms with van der Waals surface area (Å²) in [5.74, 6) is 0. The van der Waals surface area contributed by atoms with Crippen LogP contribution in [0.5, 0.6) is 0 Å². The molecule has 2 heteroatoms. The van der Waals surface area contributed by atoms with E-state index in [9.17, 15) is 0 Å². The highest BCUT2D eigenvalue weighted by Crippen LogP contribution is 2.27. The molecular formula is C16H12ClN. The van der Waals surface area contributed by atoms with Crippen LogP contribution in [0.15, 0.2) is 66.7 Å². The standard InChI is InChI=1S/C16H12ClN/c17-13-7-4-8-14(11-13)18-16-10-3-6-12-5-1-2-9-15(12)16/h1-11,18H. The van der Waals surface area contributed by atoms with Crippen molar-refractivity contribution in [2.45, 2.75) is 0 Å². The highest BCUT2D eigenvalue weighted by Gasteiger charge is 2.00. The summed E-state index contributed by atoms with van der Waals surface area (Å²) in [5, 5.41) is 6.57. The van der Waals surface area contributed by atoms with Crippen LogP contribution < -0.4 is 5.32 Å². The third-order valence-corrected chi connectivity index (χ3v) is 3.13. The van der Waals surface area contributed by atoms with Crippen LogP contribution in [0.1, 0.15) is 0 Å². The third kappa shape index (κ3) is 2.18. The molecule has 0 atom stereocenters. The van der Waals surface area contributed by atoms with Crippen LogP contribution in [0.2, 0.25) is 5.02 Å². The zero-order valence-electron chi connectivity index (χ0n) is 9.73. The van der Waals surface area contributed by atoms with Crippen molar-refractivity contribution in [1.82, 2.24) is 0 Å². The fourth-order valence-electron chi connectivity index (χ4n) is 2.06. The molecule has 0 saturated carbocycles. The molecular weight excluding hydrogens is 242 g/mol. The molecule has 0 unspecified atom stereocenters. The quantitative estimate of drug-likeness (QED) is 0.659. The molecule has 0 aliphatic carbocycles. The van der Waals surface area contributed by atoms with E-state index in [2.05, 4.69) is 35.6 Å². The molecule has 0 aromatic heterocycles. The van der Waals surface area contributed by atoms with E-state index in [0.29, 0.717) is 0 Å². The third-order valence-electron chi connectivity index (χ3n) is 2.89. The van der Waals surface area contributed by atoms with Gasteiger partial charge in [-0.3, -0.25) is 0 Å². The van der Waals surface area contributed by atoms with Gasteiger partial charge in [-0.25, -0.2) is 0 Å². The fraction of sp³-hybridized carbons (Fsp3) is 0. The molecule has 0 saturated heterocycles. The molecule has 1 N–H and O–H groups in total. The maximum absolute atomic E-state index is 5.99. The van der Waals surface area contributed by atoms with Crippen molar-refractivity contribution in [1.29, 1.82) is 0 Å². The van der Waals surface area contributed by atoms with Crippen LogP contribution in [0.4, 0.5) is 11.4 Å². The molecule has 18 heavy (non-hydrogen) atoms. The van der Waals surface area contributed by atoms with E-state index >= 15 is 0 Å². The van der Waals surface area contributed by atoms with Gasteiger partial charge in [-0.15, -0.1) is 0 Å². The van der Waals surface area contributed by atoms with Gasteiger partial charge in [-0.2, -0.15) is 0 Å². The molecule has 3 rings (SSSR count). The highest BCUT2D eigenvalue weighted by molar-refractivity contribution is 6.30. The summed E-state index contributed by atoms with van der Waals surface area (Å²) in [6.07, 6.45) is 0. The van der Waals surface area contributed by atoms with Gasteiger partial charge in [0.15, 0.2) is 0 Å². The summed E-state index contributed by atoms with van der Waals surface area (Å²) in [6.45, 7) is 0. The monoisotopic (exact) mass is 253 g/mol. The second-order valence-corrected chi connectivity index (χ2v) is 4.60. The number of halogens is 1. The van der Waals surface area contributed by atoms with Crippen molar-refractivity contribution in [3.63, 3.8) is 0 Å². The second-order valence-electron chi connectivity index (χ2n) is 4.16. The number of rotatable bonds is 2. The zero-order chi connectivity index (χ0) is 12.4. The Balaban J connectivity index is 2.05. The second kappa shape index (κ2) is 4.71. The molecule has 0 bridgehead atoms. The number of hydrogen-bond donors (Lipinski definition) is 1. The predicted molar refractivity (Wildman–Crippen MR) is 78.7 cm³/mol. The van der Waals surface area contributed by atoms with Gasteiger partial charge in [0.25, 0.3) is 0 Å². The van der Waals surface area contributed by atoms with Crippen LogP contribution >= 0.6 is 11.6 Å². The Bertz CT molecular complexity index is 686. The molecule has 0 aliphatic heterocycles. The minimum Gasteiger partial charge on any atom is -0.355 e. The summed E-state index contributed by atoms with van der Waals surface area (Å²) in [5.41, 5.74) is 2.09. The number of benzene rings is 3. The molecule has 0 fully saturated rings. The van der Waals surface area contributed by atoms with Gasteiger partial charge in [-0.05, 0) is 29.7 Å². The first kappa shape index (κ1) is 11.1. The molecule has 3 aromatic carbocycles. The topological polar surface area (TPSA) is 12.0 Å². The normalized spacial score (nSPS) is 10.5. The van der Waals surface area contributed by atoms with E-state index in [1.54, 1.807) is 0 Å². The molecule has 1 nitrogen and oxygen atoms in total. The van der Waals surface area contributed by atoms with Crippen molar-refractivity contribution in [2.75, 3.05) is 5.32 Å². The van der Waals surface area contributed by atoms with Gasteiger partial charge < -0.3 is 5.32 Å². The van der Waals surface area contributed by atoms with E-state index in [0.717, 1.165) is 16.4 Å². The van der Waals surface area contributed by atoms with E-state index in [4.69, 9.17) is 11.6 Å². The smallest absolute Gasteiger partial charge is 0.0463 e.